The predicted molar refractivity (Wildman–Crippen MR) is 113 cm³/mol. The van der Waals surface area contributed by atoms with Gasteiger partial charge in [0.25, 0.3) is 0 Å². The molecular formula is C18H28IN5O2. The maximum atomic E-state index is 11.3. The summed E-state index contributed by atoms with van der Waals surface area (Å²) in [7, 11) is 0. The van der Waals surface area contributed by atoms with Crippen LogP contribution in [0.15, 0.2) is 29.3 Å². The second kappa shape index (κ2) is 9.96. The van der Waals surface area contributed by atoms with Gasteiger partial charge in [-0.25, -0.2) is 0 Å². The number of amides is 1. The van der Waals surface area contributed by atoms with Gasteiger partial charge in [-0.1, -0.05) is 18.2 Å². The van der Waals surface area contributed by atoms with Crippen molar-refractivity contribution >= 4 is 35.8 Å². The Morgan fingerprint density at radius 2 is 2.04 bits per heavy atom. The largest absolute Gasteiger partial charge is 0.493 e. The maximum absolute atomic E-state index is 11.3. The molecule has 8 heteroatoms. The van der Waals surface area contributed by atoms with Crippen molar-refractivity contribution in [1.82, 2.24) is 15.1 Å². The molecule has 0 spiro atoms. The van der Waals surface area contributed by atoms with Crippen LogP contribution in [0.25, 0.3) is 0 Å². The number of nitrogens with zero attached hydrogens (tertiary/aromatic N) is 3. The van der Waals surface area contributed by atoms with Crippen LogP contribution in [0.2, 0.25) is 0 Å². The summed E-state index contributed by atoms with van der Waals surface area (Å²) in [6, 6.07) is 8.18. The number of carbonyl (C=O) groups excluding carboxylic acids is 1. The molecule has 1 saturated heterocycles. The molecule has 0 aliphatic carbocycles. The number of aliphatic imine (C=N–C) groups is 1. The van der Waals surface area contributed by atoms with Crippen molar-refractivity contribution in [3.05, 3.63) is 29.8 Å². The highest BCUT2D eigenvalue weighted by Crippen LogP contribution is 2.31. The highest BCUT2D eigenvalue weighted by Gasteiger charge is 2.21. The van der Waals surface area contributed by atoms with E-state index in [-0.39, 0.29) is 35.9 Å². The first-order valence-electron chi connectivity index (χ1n) is 8.89. The molecule has 26 heavy (non-hydrogen) atoms. The second-order valence-corrected chi connectivity index (χ2v) is 6.49. The van der Waals surface area contributed by atoms with E-state index in [4.69, 9.17) is 10.5 Å². The highest BCUT2D eigenvalue weighted by molar-refractivity contribution is 14.0. The molecule has 3 rings (SSSR count). The third-order valence-electron chi connectivity index (χ3n) is 4.80. The average molecular weight is 473 g/mol. The number of nitrogens with two attached hydrogens (primary N) is 1. The van der Waals surface area contributed by atoms with Gasteiger partial charge in [0.05, 0.1) is 19.2 Å². The van der Waals surface area contributed by atoms with E-state index in [2.05, 4.69) is 21.3 Å². The Hall–Kier alpha value is -1.55. The quantitative estimate of drug-likeness (QED) is 0.390. The van der Waals surface area contributed by atoms with Crippen molar-refractivity contribution in [1.29, 1.82) is 0 Å². The van der Waals surface area contributed by atoms with Crippen molar-refractivity contribution < 1.29 is 9.53 Å². The number of piperazine rings is 1. The predicted octanol–water partition coefficient (Wildman–Crippen LogP) is 1.20. The number of carbonyl (C=O) groups is 1. The first-order valence-corrected chi connectivity index (χ1v) is 8.89. The molecule has 1 aromatic rings. The van der Waals surface area contributed by atoms with E-state index in [0.29, 0.717) is 19.1 Å². The number of para-hydroxylation sites is 1. The van der Waals surface area contributed by atoms with Gasteiger partial charge in [-0.3, -0.25) is 14.7 Å². The van der Waals surface area contributed by atoms with Crippen molar-refractivity contribution in [2.45, 2.75) is 19.4 Å². The number of halogens is 1. The fourth-order valence-electron chi connectivity index (χ4n) is 3.31. The molecule has 0 radical (unpaired) electrons. The van der Waals surface area contributed by atoms with E-state index in [9.17, 15) is 4.79 Å². The van der Waals surface area contributed by atoms with E-state index in [1.807, 2.05) is 23.1 Å². The zero-order valence-electron chi connectivity index (χ0n) is 15.2. The molecule has 1 atom stereocenters. The van der Waals surface area contributed by atoms with Crippen molar-refractivity contribution in [2.24, 2.45) is 10.7 Å². The Bertz CT molecular complexity index is 632. The van der Waals surface area contributed by atoms with Crippen LogP contribution in [0.3, 0.4) is 0 Å². The summed E-state index contributed by atoms with van der Waals surface area (Å²) in [6.07, 6.45) is 0.875. The lowest BCUT2D eigenvalue weighted by atomic mass is 10.0. The maximum Gasteiger partial charge on any atom is 0.219 e. The molecule has 1 aromatic carbocycles. The van der Waals surface area contributed by atoms with Gasteiger partial charge >= 0.3 is 0 Å². The second-order valence-electron chi connectivity index (χ2n) is 6.49. The molecule has 0 bridgehead atoms. The van der Waals surface area contributed by atoms with Gasteiger partial charge in [-0.15, -0.1) is 24.0 Å². The standard InChI is InChI=1S/C18H27N5O2.HI/c1-14(24)23-11-9-22(10-12-23)8-7-20-18(19)21-16-6-13-25-17-5-3-2-4-15(16)17;/h2-5,16H,6-13H2,1H3,(H3,19,20,21);1H. The molecule has 7 nitrogen and oxygen atoms in total. The fourth-order valence-corrected chi connectivity index (χ4v) is 3.31. The van der Waals surface area contributed by atoms with Gasteiger partial charge in [-0.2, -0.15) is 0 Å². The van der Waals surface area contributed by atoms with Gasteiger partial charge in [-0.05, 0) is 6.07 Å². The van der Waals surface area contributed by atoms with E-state index in [0.717, 1.165) is 50.5 Å². The molecule has 0 saturated carbocycles. The smallest absolute Gasteiger partial charge is 0.219 e. The number of fused-ring (bicyclic) bond motifs is 1. The van der Waals surface area contributed by atoms with Crippen LogP contribution in [0.1, 0.15) is 24.9 Å². The minimum Gasteiger partial charge on any atom is -0.493 e. The highest BCUT2D eigenvalue weighted by atomic mass is 127. The minimum absolute atomic E-state index is 0. The number of hydrogen-bond acceptors (Lipinski definition) is 4. The summed E-state index contributed by atoms with van der Waals surface area (Å²) in [5.74, 6) is 1.55. The Kier molecular flexibility index (Phi) is 7.95. The Morgan fingerprint density at radius 1 is 1.31 bits per heavy atom. The average Bonchev–Trinajstić information content (AvgIpc) is 2.62. The van der Waals surface area contributed by atoms with Gasteiger partial charge in [0.2, 0.25) is 5.91 Å². The van der Waals surface area contributed by atoms with Gasteiger partial charge in [0.1, 0.15) is 5.75 Å². The van der Waals surface area contributed by atoms with Crippen molar-refractivity contribution in [3.63, 3.8) is 0 Å². The van der Waals surface area contributed by atoms with Crippen molar-refractivity contribution in [2.75, 3.05) is 45.9 Å². The first-order chi connectivity index (χ1) is 12.1. The van der Waals surface area contributed by atoms with E-state index in [1.165, 1.54) is 0 Å². The zero-order chi connectivity index (χ0) is 17.6. The number of ether oxygens (including phenoxy) is 1. The summed E-state index contributed by atoms with van der Waals surface area (Å²) >= 11 is 0. The fraction of sp³-hybridized carbons (Fsp3) is 0.556. The van der Waals surface area contributed by atoms with Crippen LogP contribution in [0, 0.1) is 0 Å². The normalized spacial score (nSPS) is 20.6. The topological polar surface area (TPSA) is 83.2 Å². The third-order valence-corrected chi connectivity index (χ3v) is 4.80. The summed E-state index contributed by atoms with van der Waals surface area (Å²) in [6.45, 7) is 7.22. The van der Waals surface area contributed by atoms with E-state index >= 15 is 0 Å². The summed E-state index contributed by atoms with van der Waals surface area (Å²) < 4.78 is 5.67. The lowest BCUT2D eigenvalue weighted by Gasteiger charge is -2.33. The number of nitrogens with one attached hydrogen (secondary N) is 1. The number of guanidine groups is 1. The first kappa shape index (κ1) is 20.8. The number of hydrogen-bond donors (Lipinski definition) is 2. The monoisotopic (exact) mass is 473 g/mol. The summed E-state index contributed by atoms with van der Waals surface area (Å²) in [4.78, 5) is 20.0. The molecule has 1 fully saturated rings. The van der Waals surface area contributed by atoms with Crippen LogP contribution in [0.5, 0.6) is 5.75 Å². The lowest BCUT2D eigenvalue weighted by molar-refractivity contribution is -0.130. The number of benzene rings is 1. The van der Waals surface area contributed by atoms with Crippen LogP contribution in [0.4, 0.5) is 0 Å². The molecule has 1 amide bonds. The van der Waals surface area contributed by atoms with E-state index < -0.39 is 0 Å². The lowest BCUT2D eigenvalue weighted by Crippen LogP contribution is -2.48. The number of rotatable bonds is 4. The zero-order valence-corrected chi connectivity index (χ0v) is 17.5. The minimum atomic E-state index is 0. The third kappa shape index (κ3) is 5.47. The van der Waals surface area contributed by atoms with Gasteiger partial charge < -0.3 is 20.7 Å². The molecule has 144 valence electrons. The molecule has 2 heterocycles. The molecular weight excluding hydrogens is 445 g/mol. The molecule has 3 N–H and O–H groups in total. The Morgan fingerprint density at radius 3 is 2.77 bits per heavy atom. The molecule has 2 aliphatic heterocycles. The summed E-state index contributed by atoms with van der Waals surface area (Å²) in [5, 5.41) is 3.31. The SMILES string of the molecule is CC(=O)N1CCN(CCN=C(N)NC2CCOc3ccccc32)CC1.I. The molecule has 2 aliphatic rings. The van der Waals surface area contributed by atoms with Gasteiger partial charge in [0, 0.05) is 51.6 Å². The molecule has 0 aromatic heterocycles. The van der Waals surface area contributed by atoms with Crippen molar-refractivity contribution in [3.8, 4) is 5.75 Å². The van der Waals surface area contributed by atoms with Crippen LogP contribution < -0.4 is 15.8 Å². The van der Waals surface area contributed by atoms with Crippen LogP contribution >= 0.6 is 24.0 Å². The van der Waals surface area contributed by atoms with Crippen LogP contribution in [-0.2, 0) is 4.79 Å². The van der Waals surface area contributed by atoms with Gasteiger partial charge in [0.15, 0.2) is 5.96 Å². The van der Waals surface area contributed by atoms with Crippen LogP contribution in [-0.4, -0.2) is 67.5 Å². The Labute approximate surface area is 172 Å². The summed E-state index contributed by atoms with van der Waals surface area (Å²) in [5.41, 5.74) is 7.20. The Balaban J connectivity index is 0.00000243. The van der Waals surface area contributed by atoms with E-state index in [1.54, 1.807) is 6.92 Å². The molecule has 1 unspecified atom stereocenters.